The summed E-state index contributed by atoms with van der Waals surface area (Å²) in [6, 6.07) is 3.96. The zero-order chi connectivity index (χ0) is 11.7. The van der Waals surface area contributed by atoms with Crippen molar-refractivity contribution >= 4 is 15.9 Å². The summed E-state index contributed by atoms with van der Waals surface area (Å²) in [6.45, 7) is 2.02. The lowest BCUT2D eigenvalue weighted by molar-refractivity contribution is 0.0556. The van der Waals surface area contributed by atoms with E-state index in [2.05, 4.69) is 15.9 Å². The molecule has 1 aliphatic rings. The van der Waals surface area contributed by atoms with Gasteiger partial charge in [-0.3, -0.25) is 0 Å². The second kappa shape index (κ2) is 4.80. The Morgan fingerprint density at radius 2 is 2.06 bits per heavy atom. The molecule has 1 heterocycles. The van der Waals surface area contributed by atoms with Crippen molar-refractivity contribution in [1.29, 1.82) is 0 Å². The molecule has 3 unspecified atom stereocenters. The Morgan fingerprint density at radius 1 is 1.31 bits per heavy atom. The average Bonchev–Trinajstić information content (AvgIpc) is 2.68. The third-order valence-electron chi connectivity index (χ3n) is 2.85. The van der Waals surface area contributed by atoms with Crippen molar-refractivity contribution in [1.82, 2.24) is 0 Å². The van der Waals surface area contributed by atoms with Gasteiger partial charge in [-0.1, -0.05) is 22.0 Å². The van der Waals surface area contributed by atoms with Gasteiger partial charge in [0.05, 0.1) is 17.0 Å². The van der Waals surface area contributed by atoms with Crippen LogP contribution in [0.25, 0.3) is 0 Å². The van der Waals surface area contributed by atoms with Crippen LogP contribution in [0.1, 0.15) is 30.2 Å². The van der Waals surface area contributed by atoms with Gasteiger partial charge in [0.15, 0.2) is 11.6 Å². The minimum absolute atomic E-state index is 0.0415. The molecule has 0 N–H and O–H groups in total. The molecular weight excluding hydrogens is 278 g/mol. The topological polar surface area (TPSA) is 9.23 Å². The quantitative estimate of drug-likeness (QED) is 0.749. The standard InChI is InChI=1S/C12H13BrF2O/c1-7-2-5-11(16-7)12(13)8-3-4-9(14)10(15)6-8/h3-4,6-7,11-12H,2,5H2,1H3. The maximum absolute atomic E-state index is 13.1. The Morgan fingerprint density at radius 3 is 2.62 bits per heavy atom. The van der Waals surface area contributed by atoms with Crippen LogP contribution >= 0.6 is 15.9 Å². The molecule has 0 radical (unpaired) electrons. The van der Waals surface area contributed by atoms with Crippen LogP contribution < -0.4 is 0 Å². The molecule has 2 rings (SSSR count). The minimum atomic E-state index is -0.816. The van der Waals surface area contributed by atoms with E-state index >= 15 is 0 Å². The monoisotopic (exact) mass is 290 g/mol. The molecule has 1 saturated heterocycles. The number of benzene rings is 1. The van der Waals surface area contributed by atoms with Gasteiger partial charge in [0.2, 0.25) is 0 Å². The number of alkyl halides is 1. The first kappa shape index (κ1) is 12.0. The molecule has 1 aromatic carbocycles. The molecule has 16 heavy (non-hydrogen) atoms. The molecule has 4 heteroatoms. The van der Waals surface area contributed by atoms with E-state index in [4.69, 9.17) is 4.74 Å². The van der Waals surface area contributed by atoms with Gasteiger partial charge >= 0.3 is 0 Å². The van der Waals surface area contributed by atoms with Crippen LogP contribution in [-0.2, 0) is 4.74 Å². The van der Waals surface area contributed by atoms with Gasteiger partial charge in [0, 0.05) is 0 Å². The second-order valence-electron chi connectivity index (χ2n) is 4.14. The Hall–Kier alpha value is -0.480. The maximum atomic E-state index is 13.1. The largest absolute Gasteiger partial charge is 0.374 e. The molecule has 1 fully saturated rings. The molecule has 0 spiro atoms. The highest BCUT2D eigenvalue weighted by atomic mass is 79.9. The molecule has 1 nitrogen and oxygen atoms in total. The van der Waals surface area contributed by atoms with Crippen molar-refractivity contribution in [3.8, 4) is 0 Å². The van der Waals surface area contributed by atoms with E-state index in [1.165, 1.54) is 6.07 Å². The van der Waals surface area contributed by atoms with Gasteiger partial charge in [0.25, 0.3) is 0 Å². The predicted octanol–water partition coefficient (Wildman–Crippen LogP) is 3.97. The normalized spacial score (nSPS) is 27.0. The summed E-state index contributed by atoms with van der Waals surface area (Å²) < 4.78 is 31.5. The fourth-order valence-corrected chi connectivity index (χ4v) is 2.62. The third kappa shape index (κ3) is 2.43. The lowest BCUT2D eigenvalue weighted by atomic mass is 10.1. The molecule has 3 atom stereocenters. The minimum Gasteiger partial charge on any atom is -0.374 e. The van der Waals surface area contributed by atoms with E-state index in [0.29, 0.717) is 0 Å². The maximum Gasteiger partial charge on any atom is 0.159 e. The highest BCUT2D eigenvalue weighted by molar-refractivity contribution is 9.09. The summed E-state index contributed by atoms with van der Waals surface area (Å²) in [6.07, 6.45) is 2.24. The fraction of sp³-hybridized carbons (Fsp3) is 0.500. The van der Waals surface area contributed by atoms with E-state index in [1.54, 1.807) is 6.07 Å². The molecule has 0 aliphatic carbocycles. The third-order valence-corrected chi connectivity index (χ3v) is 3.97. The molecule has 0 saturated carbocycles. The Kier molecular flexibility index (Phi) is 3.60. The molecule has 0 aromatic heterocycles. The summed E-state index contributed by atoms with van der Waals surface area (Å²) in [4.78, 5) is -0.0763. The van der Waals surface area contributed by atoms with Crippen LogP contribution in [0.15, 0.2) is 18.2 Å². The van der Waals surface area contributed by atoms with E-state index in [9.17, 15) is 8.78 Å². The highest BCUT2D eigenvalue weighted by Gasteiger charge is 2.29. The lowest BCUT2D eigenvalue weighted by Gasteiger charge is -2.18. The molecule has 1 aliphatic heterocycles. The summed E-state index contributed by atoms with van der Waals surface area (Å²) in [7, 11) is 0. The number of rotatable bonds is 2. The van der Waals surface area contributed by atoms with Crippen molar-refractivity contribution < 1.29 is 13.5 Å². The van der Waals surface area contributed by atoms with Crippen LogP contribution in [-0.4, -0.2) is 12.2 Å². The predicted molar refractivity (Wildman–Crippen MR) is 61.6 cm³/mol. The zero-order valence-corrected chi connectivity index (χ0v) is 10.5. The van der Waals surface area contributed by atoms with Gasteiger partial charge < -0.3 is 4.74 Å². The van der Waals surface area contributed by atoms with Crippen molar-refractivity contribution in [2.75, 3.05) is 0 Å². The van der Waals surface area contributed by atoms with E-state index < -0.39 is 11.6 Å². The average molecular weight is 291 g/mol. The highest BCUT2D eigenvalue weighted by Crippen LogP contribution is 2.36. The first-order chi connectivity index (χ1) is 7.58. The molecule has 88 valence electrons. The van der Waals surface area contributed by atoms with Gasteiger partial charge in [-0.05, 0) is 37.5 Å². The second-order valence-corrected chi connectivity index (χ2v) is 5.12. The number of ether oxygens (including phenoxy) is 1. The van der Waals surface area contributed by atoms with E-state index in [-0.39, 0.29) is 17.0 Å². The lowest BCUT2D eigenvalue weighted by Crippen LogP contribution is -2.14. The van der Waals surface area contributed by atoms with Crippen LogP contribution in [0.2, 0.25) is 0 Å². The van der Waals surface area contributed by atoms with Gasteiger partial charge in [0.1, 0.15) is 0 Å². The Labute approximate surface area is 102 Å². The van der Waals surface area contributed by atoms with Crippen LogP contribution in [0.4, 0.5) is 8.78 Å². The number of hydrogen-bond donors (Lipinski definition) is 0. The molecule has 1 aromatic rings. The van der Waals surface area contributed by atoms with Crippen molar-refractivity contribution in [2.45, 2.75) is 36.8 Å². The molecule has 0 amide bonds. The zero-order valence-electron chi connectivity index (χ0n) is 8.92. The van der Waals surface area contributed by atoms with Gasteiger partial charge in [-0.15, -0.1) is 0 Å². The fourth-order valence-electron chi connectivity index (χ4n) is 1.95. The van der Waals surface area contributed by atoms with Gasteiger partial charge in [-0.25, -0.2) is 8.78 Å². The first-order valence-electron chi connectivity index (χ1n) is 5.32. The summed E-state index contributed by atoms with van der Waals surface area (Å²) in [5.41, 5.74) is 0.720. The summed E-state index contributed by atoms with van der Waals surface area (Å²) in [5.74, 6) is -1.63. The van der Waals surface area contributed by atoms with Crippen LogP contribution in [0, 0.1) is 11.6 Å². The van der Waals surface area contributed by atoms with Crippen LogP contribution in [0.5, 0.6) is 0 Å². The van der Waals surface area contributed by atoms with Crippen molar-refractivity contribution in [3.05, 3.63) is 35.4 Å². The summed E-state index contributed by atoms with van der Waals surface area (Å²) in [5, 5.41) is 0. The van der Waals surface area contributed by atoms with E-state index in [1.807, 2.05) is 6.92 Å². The van der Waals surface area contributed by atoms with Gasteiger partial charge in [-0.2, -0.15) is 0 Å². The van der Waals surface area contributed by atoms with Crippen molar-refractivity contribution in [3.63, 3.8) is 0 Å². The number of halogens is 3. The smallest absolute Gasteiger partial charge is 0.159 e. The molecule has 0 bridgehead atoms. The van der Waals surface area contributed by atoms with Crippen LogP contribution in [0.3, 0.4) is 0 Å². The van der Waals surface area contributed by atoms with Crippen molar-refractivity contribution in [2.24, 2.45) is 0 Å². The first-order valence-corrected chi connectivity index (χ1v) is 6.24. The Bertz CT molecular complexity index is 383. The van der Waals surface area contributed by atoms with E-state index in [0.717, 1.165) is 24.5 Å². The summed E-state index contributed by atoms with van der Waals surface area (Å²) >= 11 is 3.48. The number of hydrogen-bond acceptors (Lipinski definition) is 1. The SMILES string of the molecule is CC1CCC(C(Br)c2ccc(F)c(F)c2)O1. The molecular formula is C12H13BrF2O. The Balaban J connectivity index is 2.14.